The van der Waals surface area contributed by atoms with Crippen molar-refractivity contribution in [1.29, 1.82) is 0 Å². The lowest BCUT2D eigenvalue weighted by Gasteiger charge is -2.08. The Balaban J connectivity index is 2.00. The summed E-state index contributed by atoms with van der Waals surface area (Å²) >= 11 is 4.91. The van der Waals surface area contributed by atoms with E-state index in [0.29, 0.717) is 11.2 Å². The lowest BCUT2D eigenvalue weighted by molar-refractivity contribution is 0.412. The molecule has 0 unspecified atom stereocenters. The molecule has 21 heavy (non-hydrogen) atoms. The second kappa shape index (κ2) is 5.61. The maximum atomic E-state index is 12.5. The van der Waals surface area contributed by atoms with Crippen molar-refractivity contribution in [3.63, 3.8) is 0 Å². The first kappa shape index (κ1) is 14.3. The van der Waals surface area contributed by atoms with E-state index in [9.17, 15) is 4.79 Å². The molecule has 1 aromatic carbocycles. The number of rotatable bonds is 3. The molecule has 0 aliphatic heterocycles. The van der Waals surface area contributed by atoms with Gasteiger partial charge in [0.15, 0.2) is 0 Å². The molecule has 0 N–H and O–H groups in total. The Labute approximate surface area is 134 Å². The summed E-state index contributed by atoms with van der Waals surface area (Å²) in [5.41, 5.74) is 2.87. The topological polar surface area (TPSA) is 44.1 Å². The molecule has 6 heteroatoms. The molecule has 108 valence electrons. The minimum Gasteiger partial charge on any atom is -0.496 e. The number of aryl methyl sites for hydroxylation is 1. The molecule has 0 saturated heterocycles. The average Bonchev–Trinajstić information content (AvgIpc) is 2.84. The number of hydrogen-bond acceptors (Lipinski definition) is 4. The van der Waals surface area contributed by atoms with Crippen molar-refractivity contribution >= 4 is 37.5 Å². The molecular weight excluding hydrogens is 352 g/mol. The van der Waals surface area contributed by atoms with E-state index in [-0.39, 0.29) is 5.56 Å². The Morgan fingerprint density at radius 3 is 2.95 bits per heavy atom. The van der Waals surface area contributed by atoms with E-state index in [4.69, 9.17) is 4.74 Å². The van der Waals surface area contributed by atoms with Crippen LogP contribution in [0.2, 0.25) is 0 Å². The third-order valence-corrected chi connectivity index (χ3v) is 4.99. The zero-order valence-electron chi connectivity index (χ0n) is 11.6. The maximum absolute atomic E-state index is 12.5. The quantitative estimate of drug-likeness (QED) is 0.713. The molecule has 0 spiro atoms. The van der Waals surface area contributed by atoms with Gasteiger partial charge in [0.1, 0.15) is 10.4 Å². The number of halogens is 1. The summed E-state index contributed by atoms with van der Waals surface area (Å²) in [6.45, 7) is 2.46. The summed E-state index contributed by atoms with van der Waals surface area (Å²) in [5, 5.41) is 1.97. The monoisotopic (exact) mass is 364 g/mol. The van der Waals surface area contributed by atoms with Crippen LogP contribution in [0.15, 0.2) is 39.2 Å². The van der Waals surface area contributed by atoms with Gasteiger partial charge in [0.25, 0.3) is 5.56 Å². The minimum absolute atomic E-state index is 0.00467. The standard InChI is InChI=1S/C15H13BrN2O2S/c1-9-7-21-14-13(9)17-8-18(15(14)19)6-10-3-4-12(20-2)11(16)5-10/h3-5,7-8H,6H2,1-2H3. The smallest absolute Gasteiger partial charge is 0.271 e. The molecule has 4 nitrogen and oxygen atoms in total. The van der Waals surface area contributed by atoms with Gasteiger partial charge < -0.3 is 4.74 Å². The SMILES string of the molecule is COc1ccc(Cn2cnc3c(C)csc3c2=O)cc1Br. The molecule has 0 aliphatic rings. The number of methoxy groups -OCH3 is 1. The summed E-state index contributed by atoms with van der Waals surface area (Å²) in [7, 11) is 1.63. The molecular formula is C15H13BrN2O2S. The van der Waals surface area contributed by atoms with Crippen molar-refractivity contribution in [2.24, 2.45) is 0 Å². The molecule has 0 saturated carbocycles. The molecule has 3 aromatic rings. The number of nitrogens with zero attached hydrogens (tertiary/aromatic N) is 2. The fourth-order valence-corrected chi connectivity index (χ4v) is 3.72. The Kier molecular flexibility index (Phi) is 3.82. The van der Waals surface area contributed by atoms with Gasteiger partial charge >= 0.3 is 0 Å². The van der Waals surface area contributed by atoms with E-state index in [1.165, 1.54) is 11.3 Å². The van der Waals surface area contributed by atoms with Crippen LogP contribution in [-0.2, 0) is 6.54 Å². The lowest BCUT2D eigenvalue weighted by atomic mass is 10.2. The zero-order valence-corrected chi connectivity index (χ0v) is 14.0. The number of ether oxygens (including phenoxy) is 1. The molecule has 0 bridgehead atoms. The van der Waals surface area contributed by atoms with Crippen molar-refractivity contribution in [2.45, 2.75) is 13.5 Å². The van der Waals surface area contributed by atoms with Crippen molar-refractivity contribution in [1.82, 2.24) is 9.55 Å². The number of fused-ring (bicyclic) bond motifs is 1. The van der Waals surface area contributed by atoms with Gasteiger partial charge in [0.2, 0.25) is 0 Å². The van der Waals surface area contributed by atoms with Gasteiger partial charge in [-0.25, -0.2) is 4.98 Å². The van der Waals surface area contributed by atoms with Crippen LogP contribution in [0.1, 0.15) is 11.1 Å². The first-order valence-electron chi connectivity index (χ1n) is 6.36. The third kappa shape index (κ3) is 2.61. The maximum Gasteiger partial charge on any atom is 0.271 e. The summed E-state index contributed by atoms with van der Waals surface area (Å²) in [6.07, 6.45) is 1.61. The van der Waals surface area contributed by atoms with Crippen LogP contribution in [0.4, 0.5) is 0 Å². The average molecular weight is 365 g/mol. The number of hydrogen-bond donors (Lipinski definition) is 0. The predicted molar refractivity (Wildman–Crippen MR) is 88.4 cm³/mol. The van der Waals surface area contributed by atoms with Crippen molar-refractivity contribution < 1.29 is 4.74 Å². The van der Waals surface area contributed by atoms with Gasteiger partial charge in [-0.1, -0.05) is 6.07 Å². The van der Waals surface area contributed by atoms with Gasteiger partial charge in [-0.3, -0.25) is 9.36 Å². The van der Waals surface area contributed by atoms with Crippen LogP contribution in [-0.4, -0.2) is 16.7 Å². The highest BCUT2D eigenvalue weighted by Crippen LogP contribution is 2.26. The molecule has 0 radical (unpaired) electrons. The van der Waals surface area contributed by atoms with Crippen molar-refractivity contribution in [2.75, 3.05) is 7.11 Å². The fraction of sp³-hybridized carbons (Fsp3) is 0.200. The van der Waals surface area contributed by atoms with Gasteiger partial charge in [0.05, 0.1) is 30.0 Å². The van der Waals surface area contributed by atoms with Crippen molar-refractivity contribution in [3.05, 3.63) is 55.9 Å². The van der Waals surface area contributed by atoms with Gasteiger partial charge in [-0.15, -0.1) is 11.3 Å². The van der Waals surface area contributed by atoms with E-state index in [2.05, 4.69) is 20.9 Å². The highest BCUT2D eigenvalue weighted by Gasteiger charge is 2.09. The lowest BCUT2D eigenvalue weighted by Crippen LogP contribution is -2.20. The molecule has 3 rings (SSSR count). The summed E-state index contributed by atoms with van der Waals surface area (Å²) in [6, 6.07) is 5.78. The molecule has 0 atom stereocenters. The predicted octanol–water partition coefficient (Wildman–Crippen LogP) is 3.59. The molecule has 2 aromatic heterocycles. The summed E-state index contributed by atoms with van der Waals surface area (Å²) in [5.74, 6) is 0.772. The van der Waals surface area contributed by atoms with E-state index in [0.717, 1.165) is 26.9 Å². The largest absolute Gasteiger partial charge is 0.496 e. The third-order valence-electron chi connectivity index (χ3n) is 3.29. The summed E-state index contributed by atoms with van der Waals surface area (Å²) in [4.78, 5) is 16.8. The normalized spacial score (nSPS) is 11.0. The van der Waals surface area contributed by atoms with Crippen LogP contribution >= 0.6 is 27.3 Å². The Hall–Kier alpha value is -1.66. The van der Waals surface area contributed by atoms with E-state index >= 15 is 0 Å². The Morgan fingerprint density at radius 1 is 1.43 bits per heavy atom. The van der Waals surface area contributed by atoms with Gasteiger partial charge in [-0.2, -0.15) is 0 Å². The fourth-order valence-electron chi connectivity index (χ4n) is 2.18. The van der Waals surface area contributed by atoms with Gasteiger partial charge in [0, 0.05) is 0 Å². The van der Waals surface area contributed by atoms with E-state index in [1.807, 2.05) is 30.5 Å². The highest BCUT2D eigenvalue weighted by atomic mass is 79.9. The first-order chi connectivity index (χ1) is 10.1. The molecule has 0 fully saturated rings. The van der Waals surface area contributed by atoms with Crippen LogP contribution in [0.5, 0.6) is 5.75 Å². The molecule has 0 aliphatic carbocycles. The van der Waals surface area contributed by atoms with Crippen molar-refractivity contribution in [3.8, 4) is 5.75 Å². The number of thiophene rings is 1. The number of aromatic nitrogens is 2. The Bertz CT molecular complexity index is 870. The van der Waals surface area contributed by atoms with Crippen LogP contribution < -0.4 is 10.3 Å². The van der Waals surface area contributed by atoms with Crippen LogP contribution in [0.25, 0.3) is 10.2 Å². The van der Waals surface area contributed by atoms with Crippen LogP contribution in [0.3, 0.4) is 0 Å². The second-order valence-electron chi connectivity index (χ2n) is 4.74. The van der Waals surface area contributed by atoms with Crippen LogP contribution in [0, 0.1) is 6.92 Å². The first-order valence-corrected chi connectivity index (χ1v) is 8.03. The molecule has 0 amide bonds. The minimum atomic E-state index is 0.00467. The second-order valence-corrected chi connectivity index (χ2v) is 6.48. The number of benzene rings is 1. The summed E-state index contributed by atoms with van der Waals surface area (Å²) < 4.78 is 8.42. The molecule has 2 heterocycles. The van der Waals surface area contributed by atoms with Gasteiger partial charge in [-0.05, 0) is 51.5 Å². The van der Waals surface area contributed by atoms with E-state index < -0.39 is 0 Å². The highest BCUT2D eigenvalue weighted by molar-refractivity contribution is 9.10. The zero-order chi connectivity index (χ0) is 15.0. The van der Waals surface area contributed by atoms with E-state index in [1.54, 1.807) is 18.0 Å². The Morgan fingerprint density at radius 2 is 2.24 bits per heavy atom.